The van der Waals surface area contributed by atoms with Gasteiger partial charge in [-0.05, 0) is 25.2 Å². The van der Waals surface area contributed by atoms with Gasteiger partial charge in [0.1, 0.15) is 11.6 Å². The number of hydrogen-bond donors (Lipinski definition) is 2. The summed E-state index contributed by atoms with van der Waals surface area (Å²) >= 11 is 0. The Morgan fingerprint density at radius 1 is 1.31 bits per heavy atom. The lowest BCUT2D eigenvalue weighted by Crippen LogP contribution is -2.25. The monoisotopic (exact) mass is 186 g/mol. The molecule has 0 spiro atoms. The lowest BCUT2D eigenvalue weighted by molar-refractivity contribution is 0.560. The molecule has 72 valence electrons. The lowest BCUT2D eigenvalue weighted by Gasteiger charge is -2.04. The van der Waals surface area contributed by atoms with Gasteiger partial charge in [-0.2, -0.15) is 0 Å². The van der Waals surface area contributed by atoms with Gasteiger partial charge in [0.25, 0.3) is 0 Å². The Labute approximate surface area is 76.0 Å². The molecule has 1 aromatic rings. The van der Waals surface area contributed by atoms with Crippen LogP contribution in [0.4, 0.5) is 8.78 Å². The third-order valence-electron chi connectivity index (χ3n) is 1.62. The van der Waals surface area contributed by atoms with Crippen molar-refractivity contribution >= 4 is 0 Å². The zero-order valence-corrected chi connectivity index (χ0v) is 7.40. The van der Waals surface area contributed by atoms with Crippen LogP contribution in [0.5, 0.6) is 0 Å². The molecule has 0 aliphatic heterocycles. The summed E-state index contributed by atoms with van der Waals surface area (Å²) in [4.78, 5) is 0. The maximum absolute atomic E-state index is 13.0. The second kappa shape index (κ2) is 4.89. The highest BCUT2D eigenvalue weighted by Gasteiger charge is 2.02. The number of halogens is 2. The molecule has 0 aromatic heterocycles. The van der Waals surface area contributed by atoms with Gasteiger partial charge in [0.15, 0.2) is 0 Å². The molecule has 2 nitrogen and oxygen atoms in total. The summed E-state index contributed by atoms with van der Waals surface area (Å²) in [7, 11) is 1.77. The third kappa shape index (κ3) is 3.08. The maximum Gasteiger partial charge on any atom is 0.127 e. The molecule has 1 aromatic carbocycles. The topological polar surface area (TPSA) is 24.1 Å². The molecule has 4 heteroatoms. The minimum atomic E-state index is -0.414. The van der Waals surface area contributed by atoms with E-state index in [4.69, 9.17) is 0 Å². The highest BCUT2D eigenvalue weighted by Crippen LogP contribution is 2.08. The van der Waals surface area contributed by atoms with Crippen LogP contribution < -0.4 is 10.6 Å². The van der Waals surface area contributed by atoms with Gasteiger partial charge in [-0.15, -0.1) is 0 Å². The van der Waals surface area contributed by atoms with E-state index in [2.05, 4.69) is 10.6 Å². The summed E-state index contributed by atoms with van der Waals surface area (Å²) in [6, 6.07) is 3.43. The number of rotatable bonds is 4. The molecule has 0 atom stereocenters. The Kier molecular flexibility index (Phi) is 3.79. The standard InChI is InChI=1S/C9H12F2N2/c1-12-6-13-5-7-4-8(10)2-3-9(7)11/h2-4,12-13H,5-6H2,1H3. The first-order valence-corrected chi connectivity index (χ1v) is 4.03. The average Bonchev–Trinajstić information content (AvgIpc) is 2.11. The van der Waals surface area contributed by atoms with Crippen LogP contribution in [-0.2, 0) is 6.54 Å². The molecule has 0 aliphatic rings. The van der Waals surface area contributed by atoms with Crippen LogP contribution in [0.15, 0.2) is 18.2 Å². The molecule has 0 heterocycles. The largest absolute Gasteiger partial charge is 0.308 e. The Morgan fingerprint density at radius 3 is 2.77 bits per heavy atom. The van der Waals surface area contributed by atoms with E-state index in [9.17, 15) is 8.78 Å². The van der Waals surface area contributed by atoms with Gasteiger partial charge in [-0.25, -0.2) is 8.78 Å². The molecule has 0 radical (unpaired) electrons. The first kappa shape index (κ1) is 10.1. The Hall–Kier alpha value is -1.00. The van der Waals surface area contributed by atoms with Crippen LogP contribution in [0.2, 0.25) is 0 Å². The van der Waals surface area contributed by atoms with Crippen molar-refractivity contribution in [2.45, 2.75) is 6.54 Å². The van der Waals surface area contributed by atoms with Gasteiger partial charge < -0.3 is 10.6 Å². The van der Waals surface area contributed by atoms with Crippen LogP contribution >= 0.6 is 0 Å². The zero-order valence-electron chi connectivity index (χ0n) is 7.40. The molecule has 2 N–H and O–H groups in total. The minimum absolute atomic E-state index is 0.324. The van der Waals surface area contributed by atoms with Crippen molar-refractivity contribution in [1.82, 2.24) is 10.6 Å². The Bertz CT molecular complexity index is 276. The molecular weight excluding hydrogens is 174 g/mol. The van der Waals surface area contributed by atoms with E-state index in [-0.39, 0.29) is 5.82 Å². The van der Waals surface area contributed by atoms with E-state index in [1.54, 1.807) is 7.05 Å². The molecule has 0 fully saturated rings. The van der Waals surface area contributed by atoms with E-state index < -0.39 is 5.82 Å². The fourth-order valence-corrected chi connectivity index (χ4v) is 1.00. The predicted octanol–water partition coefficient (Wildman–Crippen LogP) is 1.23. The molecule has 0 saturated heterocycles. The Morgan fingerprint density at radius 2 is 2.08 bits per heavy atom. The number of hydrogen-bond acceptors (Lipinski definition) is 2. The van der Waals surface area contributed by atoms with Gasteiger partial charge in [0, 0.05) is 18.8 Å². The van der Waals surface area contributed by atoms with E-state index in [1.807, 2.05) is 0 Å². The van der Waals surface area contributed by atoms with E-state index in [0.717, 1.165) is 12.1 Å². The van der Waals surface area contributed by atoms with E-state index in [0.29, 0.717) is 18.8 Å². The first-order chi connectivity index (χ1) is 6.24. The lowest BCUT2D eigenvalue weighted by atomic mass is 10.2. The molecule has 0 bridgehead atoms. The summed E-state index contributed by atoms with van der Waals surface area (Å²) in [5.74, 6) is -0.798. The van der Waals surface area contributed by atoms with Crippen molar-refractivity contribution in [3.8, 4) is 0 Å². The highest BCUT2D eigenvalue weighted by molar-refractivity contribution is 5.18. The minimum Gasteiger partial charge on any atom is -0.308 e. The van der Waals surface area contributed by atoms with Crippen LogP contribution in [0.25, 0.3) is 0 Å². The molecule has 0 amide bonds. The van der Waals surface area contributed by atoms with Gasteiger partial charge in [-0.1, -0.05) is 0 Å². The summed E-state index contributed by atoms with van der Waals surface area (Å²) in [5, 5.41) is 5.75. The quantitative estimate of drug-likeness (QED) is 0.546. The van der Waals surface area contributed by atoms with Crippen molar-refractivity contribution in [2.24, 2.45) is 0 Å². The molecule has 0 saturated carbocycles. The normalized spacial score (nSPS) is 10.4. The van der Waals surface area contributed by atoms with Crippen molar-refractivity contribution in [3.05, 3.63) is 35.4 Å². The number of benzene rings is 1. The Balaban J connectivity index is 2.59. The number of nitrogens with one attached hydrogen (secondary N) is 2. The van der Waals surface area contributed by atoms with Crippen molar-refractivity contribution < 1.29 is 8.78 Å². The zero-order chi connectivity index (χ0) is 9.68. The molecule has 13 heavy (non-hydrogen) atoms. The molecule has 0 aliphatic carbocycles. The van der Waals surface area contributed by atoms with Crippen LogP contribution in [0, 0.1) is 11.6 Å². The van der Waals surface area contributed by atoms with Crippen molar-refractivity contribution in [3.63, 3.8) is 0 Å². The summed E-state index contributed by atoms with van der Waals surface area (Å²) < 4.78 is 25.6. The summed E-state index contributed by atoms with van der Waals surface area (Å²) in [6.45, 7) is 0.889. The molecule has 0 unspecified atom stereocenters. The van der Waals surface area contributed by atoms with Crippen molar-refractivity contribution in [2.75, 3.05) is 13.7 Å². The van der Waals surface area contributed by atoms with Gasteiger partial charge in [0.05, 0.1) is 0 Å². The average molecular weight is 186 g/mol. The fraction of sp³-hybridized carbons (Fsp3) is 0.333. The van der Waals surface area contributed by atoms with Gasteiger partial charge >= 0.3 is 0 Å². The second-order valence-corrected chi connectivity index (χ2v) is 2.69. The molecule has 1 rings (SSSR count). The van der Waals surface area contributed by atoms with Gasteiger partial charge in [0.2, 0.25) is 0 Å². The third-order valence-corrected chi connectivity index (χ3v) is 1.62. The van der Waals surface area contributed by atoms with Crippen LogP contribution in [-0.4, -0.2) is 13.7 Å². The molecular formula is C9H12F2N2. The fourth-order valence-electron chi connectivity index (χ4n) is 1.00. The SMILES string of the molecule is CNCNCc1cc(F)ccc1F. The maximum atomic E-state index is 13.0. The van der Waals surface area contributed by atoms with E-state index in [1.165, 1.54) is 6.07 Å². The summed E-state index contributed by atoms with van der Waals surface area (Å²) in [5.41, 5.74) is 0.343. The first-order valence-electron chi connectivity index (χ1n) is 4.03. The van der Waals surface area contributed by atoms with E-state index >= 15 is 0 Å². The highest BCUT2D eigenvalue weighted by atomic mass is 19.1. The van der Waals surface area contributed by atoms with Gasteiger partial charge in [-0.3, -0.25) is 0 Å². The van der Waals surface area contributed by atoms with Crippen molar-refractivity contribution in [1.29, 1.82) is 0 Å². The van der Waals surface area contributed by atoms with Crippen LogP contribution in [0.3, 0.4) is 0 Å². The van der Waals surface area contributed by atoms with Crippen LogP contribution in [0.1, 0.15) is 5.56 Å². The predicted molar refractivity (Wildman–Crippen MR) is 47.1 cm³/mol. The smallest absolute Gasteiger partial charge is 0.127 e. The summed E-state index contributed by atoms with van der Waals surface area (Å²) in [6.07, 6.45) is 0. The second-order valence-electron chi connectivity index (χ2n) is 2.69.